The van der Waals surface area contributed by atoms with Gasteiger partial charge in [0, 0.05) is 12.1 Å². The van der Waals surface area contributed by atoms with Gasteiger partial charge in [0.15, 0.2) is 0 Å². The summed E-state index contributed by atoms with van der Waals surface area (Å²) in [7, 11) is 0. The molecule has 2 atom stereocenters. The fourth-order valence-electron chi connectivity index (χ4n) is 2.96. The molecule has 1 aromatic heterocycles. The Balaban J connectivity index is 1.69. The summed E-state index contributed by atoms with van der Waals surface area (Å²) in [6, 6.07) is 5.74. The standard InChI is InChI=1S/C15H19FN4/c1-11(8-20-10-17-9-18-20)19-15-4-2-3-12-7-13(16)5-6-14(12)15/h5-7,9-11,15,19H,2-4,8H2,1H3/t11-,15+/m1/s1. The monoisotopic (exact) mass is 274 g/mol. The van der Waals surface area contributed by atoms with E-state index in [1.807, 2.05) is 10.7 Å². The second-order valence-electron chi connectivity index (χ2n) is 5.47. The highest BCUT2D eigenvalue weighted by Crippen LogP contribution is 2.30. The summed E-state index contributed by atoms with van der Waals surface area (Å²) in [5, 5.41) is 7.74. The van der Waals surface area contributed by atoms with Crippen molar-refractivity contribution in [2.45, 2.75) is 44.8 Å². The molecule has 1 aromatic carbocycles. The van der Waals surface area contributed by atoms with E-state index in [-0.39, 0.29) is 11.9 Å². The molecule has 2 aromatic rings. The summed E-state index contributed by atoms with van der Waals surface area (Å²) in [5.74, 6) is -0.139. The highest BCUT2D eigenvalue weighted by Gasteiger charge is 2.21. The molecule has 1 aliphatic rings. The average Bonchev–Trinajstić information content (AvgIpc) is 2.91. The minimum Gasteiger partial charge on any atom is -0.306 e. The summed E-state index contributed by atoms with van der Waals surface area (Å²) < 4.78 is 15.1. The summed E-state index contributed by atoms with van der Waals surface area (Å²) >= 11 is 0. The van der Waals surface area contributed by atoms with Gasteiger partial charge in [-0.05, 0) is 49.4 Å². The van der Waals surface area contributed by atoms with Gasteiger partial charge in [-0.15, -0.1) is 0 Å². The van der Waals surface area contributed by atoms with Gasteiger partial charge in [-0.1, -0.05) is 6.07 Å². The first-order valence-electron chi connectivity index (χ1n) is 7.09. The molecule has 1 N–H and O–H groups in total. The average molecular weight is 274 g/mol. The topological polar surface area (TPSA) is 42.7 Å². The van der Waals surface area contributed by atoms with Gasteiger partial charge in [0.1, 0.15) is 18.5 Å². The van der Waals surface area contributed by atoms with Crippen LogP contribution < -0.4 is 5.32 Å². The molecule has 0 radical (unpaired) electrons. The number of rotatable bonds is 4. The smallest absolute Gasteiger partial charge is 0.137 e. The van der Waals surface area contributed by atoms with Crippen molar-refractivity contribution in [3.05, 3.63) is 47.8 Å². The van der Waals surface area contributed by atoms with Crippen molar-refractivity contribution in [2.24, 2.45) is 0 Å². The van der Waals surface area contributed by atoms with Gasteiger partial charge in [0.2, 0.25) is 0 Å². The Bertz CT molecular complexity index is 567. The zero-order valence-electron chi connectivity index (χ0n) is 11.6. The minimum absolute atomic E-state index is 0.139. The van der Waals surface area contributed by atoms with Crippen molar-refractivity contribution in [1.82, 2.24) is 20.1 Å². The largest absolute Gasteiger partial charge is 0.306 e. The molecule has 0 spiro atoms. The van der Waals surface area contributed by atoms with Gasteiger partial charge in [-0.25, -0.2) is 9.37 Å². The zero-order chi connectivity index (χ0) is 13.9. The summed E-state index contributed by atoms with van der Waals surface area (Å²) in [5.41, 5.74) is 2.38. The second kappa shape index (κ2) is 5.71. The number of hydrogen-bond acceptors (Lipinski definition) is 3. The number of nitrogens with zero attached hydrogens (tertiary/aromatic N) is 3. The molecule has 3 rings (SSSR count). The van der Waals surface area contributed by atoms with E-state index in [9.17, 15) is 4.39 Å². The van der Waals surface area contributed by atoms with Crippen molar-refractivity contribution in [1.29, 1.82) is 0 Å². The molecule has 0 bridgehead atoms. The van der Waals surface area contributed by atoms with Crippen LogP contribution in [0, 0.1) is 5.82 Å². The highest BCUT2D eigenvalue weighted by molar-refractivity contribution is 5.32. The first-order chi connectivity index (χ1) is 9.72. The molecule has 0 unspecified atom stereocenters. The molecule has 0 fully saturated rings. The van der Waals surface area contributed by atoms with Crippen molar-refractivity contribution < 1.29 is 4.39 Å². The van der Waals surface area contributed by atoms with Crippen LogP contribution in [0.2, 0.25) is 0 Å². The van der Waals surface area contributed by atoms with Crippen LogP contribution in [0.1, 0.15) is 36.9 Å². The van der Waals surface area contributed by atoms with E-state index < -0.39 is 0 Å². The quantitative estimate of drug-likeness (QED) is 0.931. The molecular weight excluding hydrogens is 255 g/mol. The van der Waals surface area contributed by atoms with Crippen LogP contribution in [-0.2, 0) is 13.0 Å². The Kier molecular flexibility index (Phi) is 3.78. The lowest BCUT2D eigenvalue weighted by Crippen LogP contribution is -2.35. The fourth-order valence-corrected chi connectivity index (χ4v) is 2.96. The SMILES string of the molecule is C[C@H](Cn1cncn1)N[C@H]1CCCc2cc(F)ccc21. The molecule has 20 heavy (non-hydrogen) atoms. The van der Waals surface area contributed by atoms with Crippen LogP contribution in [0.4, 0.5) is 4.39 Å². The van der Waals surface area contributed by atoms with Crippen LogP contribution in [0.5, 0.6) is 0 Å². The second-order valence-corrected chi connectivity index (χ2v) is 5.47. The Morgan fingerprint density at radius 3 is 3.20 bits per heavy atom. The van der Waals surface area contributed by atoms with Gasteiger partial charge < -0.3 is 5.32 Å². The molecule has 5 heteroatoms. The number of aromatic nitrogens is 3. The van der Waals surface area contributed by atoms with Crippen LogP contribution in [0.3, 0.4) is 0 Å². The lowest BCUT2D eigenvalue weighted by atomic mass is 9.87. The number of nitrogens with one attached hydrogen (secondary N) is 1. The van der Waals surface area contributed by atoms with Crippen molar-refractivity contribution in [3.8, 4) is 0 Å². The van der Waals surface area contributed by atoms with Crippen LogP contribution >= 0.6 is 0 Å². The Hall–Kier alpha value is -1.75. The van der Waals surface area contributed by atoms with Crippen LogP contribution in [0.15, 0.2) is 30.9 Å². The molecule has 106 valence electrons. The maximum absolute atomic E-state index is 13.3. The lowest BCUT2D eigenvalue weighted by molar-refractivity contribution is 0.369. The van der Waals surface area contributed by atoms with E-state index in [1.54, 1.807) is 24.8 Å². The normalized spacial score (nSPS) is 19.6. The number of hydrogen-bond donors (Lipinski definition) is 1. The molecule has 0 saturated carbocycles. The highest BCUT2D eigenvalue weighted by atomic mass is 19.1. The Labute approximate surface area is 118 Å². The predicted molar refractivity (Wildman–Crippen MR) is 74.7 cm³/mol. The number of fused-ring (bicyclic) bond motifs is 1. The molecule has 4 nitrogen and oxygen atoms in total. The van der Waals surface area contributed by atoms with E-state index in [1.165, 1.54) is 5.56 Å². The van der Waals surface area contributed by atoms with Gasteiger partial charge in [0.05, 0.1) is 6.54 Å². The number of halogens is 1. The lowest BCUT2D eigenvalue weighted by Gasteiger charge is -2.29. The Morgan fingerprint density at radius 2 is 2.40 bits per heavy atom. The van der Waals surface area contributed by atoms with Gasteiger partial charge in [0.25, 0.3) is 0 Å². The van der Waals surface area contributed by atoms with E-state index in [0.717, 1.165) is 31.4 Å². The van der Waals surface area contributed by atoms with Crippen molar-refractivity contribution in [3.63, 3.8) is 0 Å². The van der Waals surface area contributed by atoms with Gasteiger partial charge in [-0.2, -0.15) is 5.10 Å². The maximum Gasteiger partial charge on any atom is 0.137 e. The third kappa shape index (κ3) is 2.88. The third-order valence-electron chi connectivity index (χ3n) is 3.83. The molecule has 0 saturated heterocycles. The van der Waals surface area contributed by atoms with Crippen LogP contribution in [0.25, 0.3) is 0 Å². The zero-order valence-corrected chi connectivity index (χ0v) is 11.6. The maximum atomic E-state index is 13.3. The van der Waals surface area contributed by atoms with Crippen molar-refractivity contribution >= 4 is 0 Å². The van der Waals surface area contributed by atoms with Gasteiger partial charge in [-0.3, -0.25) is 4.68 Å². The summed E-state index contributed by atoms with van der Waals surface area (Å²) in [6.45, 7) is 2.92. The van der Waals surface area contributed by atoms with E-state index in [2.05, 4.69) is 22.3 Å². The molecule has 0 amide bonds. The first-order valence-corrected chi connectivity index (χ1v) is 7.09. The number of benzene rings is 1. The minimum atomic E-state index is -0.139. The number of aryl methyl sites for hydroxylation is 1. The Morgan fingerprint density at radius 1 is 1.50 bits per heavy atom. The van der Waals surface area contributed by atoms with E-state index in [0.29, 0.717) is 6.04 Å². The van der Waals surface area contributed by atoms with E-state index in [4.69, 9.17) is 0 Å². The summed E-state index contributed by atoms with van der Waals surface area (Å²) in [6.07, 6.45) is 6.45. The van der Waals surface area contributed by atoms with E-state index >= 15 is 0 Å². The molecular formula is C15H19FN4. The third-order valence-corrected chi connectivity index (χ3v) is 3.83. The molecule has 1 aliphatic carbocycles. The molecule has 0 aliphatic heterocycles. The summed E-state index contributed by atoms with van der Waals surface area (Å²) in [4.78, 5) is 3.95. The first kappa shape index (κ1) is 13.2. The van der Waals surface area contributed by atoms with Crippen LogP contribution in [-0.4, -0.2) is 20.8 Å². The molecule has 1 heterocycles. The van der Waals surface area contributed by atoms with Crippen molar-refractivity contribution in [2.75, 3.05) is 0 Å². The predicted octanol–water partition coefficient (Wildman–Crippen LogP) is 2.47. The fraction of sp³-hybridized carbons (Fsp3) is 0.467. The van der Waals surface area contributed by atoms with Gasteiger partial charge >= 0.3 is 0 Å².